The zero-order chi connectivity index (χ0) is 17.2. The number of rotatable bonds is 2. The third-order valence-corrected chi connectivity index (χ3v) is 6.60. The largest absolute Gasteiger partial charge is 0.325 e. The van der Waals surface area contributed by atoms with E-state index in [4.69, 9.17) is 11.6 Å². The Labute approximate surface area is 140 Å². The van der Waals surface area contributed by atoms with E-state index in [0.717, 1.165) is 5.56 Å². The summed E-state index contributed by atoms with van der Waals surface area (Å²) in [6.07, 6.45) is 0.983. The highest BCUT2D eigenvalue weighted by Crippen LogP contribution is 2.69. The van der Waals surface area contributed by atoms with Gasteiger partial charge in [-0.2, -0.15) is 0 Å². The second-order valence-corrected chi connectivity index (χ2v) is 7.87. The normalized spacial score (nSPS) is 31.5. The molecule has 0 saturated heterocycles. The number of Topliss-reactive ketones (excluding diaryl/α,β-unsaturated/α-hetero) is 2. The second-order valence-electron chi connectivity index (χ2n) is 7.43. The number of nitrogens with one attached hydrogen (secondary N) is 1. The number of hydrogen-bond donors (Lipinski definition) is 1. The van der Waals surface area contributed by atoms with Crippen molar-refractivity contribution < 1.29 is 14.4 Å². The summed E-state index contributed by atoms with van der Waals surface area (Å²) in [7, 11) is 0. The van der Waals surface area contributed by atoms with E-state index >= 15 is 0 Å². The monoisotopic (exact) mass is 333 g/mol. The average Bonchev–Trinajstić information content (AvgIpc) is 2.74. The lowest BCUT2D eigenvalue weighted by Gasteiger charge is -2.37. The molecule has 3 rings (SSSR count). The third kappa shape index (κ3) is 1.76. The molecule has 122 valence electrons. The molecule has 1 N–H and O–H groups in total. The highest BCUT2D eigenvalue weighted by Gasteiger charge is 2.77. The first kappa shape index (κ1) is 16.2. The molecule has 2 saturated carbocycles. The van der Waals surface area contributed by atoms with E-state index in [-0.39, 0.29) is 5.91 Å². The van der Waals surface area contributed by atoms with Crippen LogP contribution in [0.2, 0.25) is 5.02 Å². The van der Waals surface area contributed by atoms with Gasteiger partial charge in [0.2, 0.25) is 17.5 Å². The first-order valence-corrected chi connectivity index (χ1v) is 8.12. The molecule has 2 aliphatic carbocycles. The number of carbonyl (C=O) groups is 3. The topological polar surface area (TPSA) is 63.2 Å². The molecular formula is C18H20ClNO3. The van der Waals surface area contributed by atoms with Crippen LogP contribution >= 0.6 is 11.6 Å². The maximum absolute atomic E-state index is 13.0. The maximum atomic E-state index is 13.0. The van der Waals surface area contributed by atoms with Crippen molar-refractivity contribution in [2.45, 2.75) is 40.5 Å². The Bertz CT molecular complexity index is 755. The molecule has 0 aliphatic heterocycles. The molecule has 2 bridgehead atoms. The predicted molar refractivity (Wildman–Crippen MR) is 88.4 cm³/mol. The minimum atomic E-state index is -1.27. The van der Waals surface area contributed by atoms with Crippen LogP contribution in [-0.2, 0) is 14.4 Å². The fourth-order valence-electron chi connectivity index (χ4n) is 4.27. The van der Waals surface area contributed by atoms with Crippen molar-refractivity contribution in [2.75, 3.05) is 5.32 Å². The van der Waals surface area contributed by atoms with Gasteiger partial charge in [0.25, 0.3) is 0 Å². The minimum Gasteiger partial charge on any atom is -0.325 e. The Kier molecular flexibility index (Phi) is 3.28. The van der Waals surface area contributed by atoms with E-state index in [1.165, 1.54) is 0 Å². The summed E-state index contributed by atoms with van der Waals surface area (Å²) in [6, 6.07) is 5.16. The van der Waals surface area contributed by atoms with Crippen LogP contribution < -0.4 is 5.32 Å². The first-order chi connectivity index (χ1) is 10.6. The average molecular weight is 334 g/mol. The summed E-state index contributed by atoms with van der Waals surface area (Å²) in [4.78, 5) is 38.1. The van der Waals surface area contributed by atoms with E-state index in [2.05, 4.69) is 5.32 Å². The summed E-state index contributed by atoms with van der Waals surface area (Å²) in [5.74, 6) is -1.33. The van der Waals surface area contributed by atoms with Crippen LogP contribution in [0.25, 0.3) is 0 Å². The maximum Gasteiger partial charge on any atom is 0.239 e. The van der Waals surface area contributed by atoms with E-state index < -0.39 is 27.8 Å². The fraction of sp³-hybridized carbons (Fsp3) is 0.500. The summed E-state index contributed by atoms with van der Waals surface area (Å²) in [6.45, 7) is 7.36. The molecule has 2 aliphatic rings. The van der Waals surface area contributed by atoms with Crippen molar-refractivity contribution in [3.8, 4) is 0 Å². The predicted octanol–water partition coefficient (Wildman–Crippen LogP) is 3.55. The van der Waals surface area contributed by atoms with E-state index in [1.807, 2.05) is 27.7 Å². The zero-order valence-corrected chi connectivity index (χ0v) is 14.5. The first-order valence-electron chi connectivity index (χ1n) is 7.75. The van der Waals surface area contributed by atoms with Gasteiger partial charge in [0, 0.05) is 16.1 Å². The van der Waals surface area contributed by atoms with Crippen molar-refractivity contribution in [2.24, 2.45) is 16.2 Å². The number of hydrogen-bond acceptors (Lipinski definition) is 3. The number of halogens is 1. The zero-order valence-electron chi connectivity index (χ0n) is 13.7. The third-order valence-electron chi connectivity index (χ3n) is 6.37. The van der Waals surface area contributed by atoms with Gasteiger partial charge in [-0.1, -0.05) is 32.4 Å². The molecule has 2 atom stereocenters. The SMILES string of the molecule is Cc1cc(Cl)ccc1NC(=O)C12CCC(C)(C(=O)C1=O)C2(C)C. The van der Waals surface area contributed by atoms with Crippen LogP contribution in [0.4, 0.5) is 5.69 Å². The quantitative estimate of drug-likeness (QED) is 0.665. The van der Waals surface area contributed by atoms with E-state index in [1.54, 1.807) is 18.2 Å². The summed E-state index contributed by atoms with van der Waals surface area (Å²) in [5.41, 5.74) is -1.29. The number of anilines is 1. The summed E-state index contributed by atoms with van der Waals surface area (Å²) in [5, 5.41) is 3.43. The van der Waals surface area contributed by atoms with Crippen molar-refractivity contribution in [1.29, 1.82) is 0 Å². The second kappa shape index (κ2) is 4.67. The lowest BCUT2D eigenvalue weighted by molar-refractivity contribution is -0.147. The molecule has 2 fully saturated rings. The Hall–Kier alpha value is -1.68. The molecule has 0 aromatic heterocycles. The van der Waals surface area contributed by atoms with Crippen molar-refractivity contribution in [1.82, 2.24) is 0 Å². The van der Waals surface area contributed by atoms with Gasteiger partial charge in [0.05, 0.1) is 0 Å². The van der Waals surface area contributed by atoms with Gasteiger partial charge >= 0.3 is 0 Å². The van der Waals surface area contributed by atoms with Gasteiger partial charge < -0.3 is 5.32 Å². The molecule has 1 amide bonds. The number of amides is 1. The van der Waals surface area contributed by atoms with Crippen LogP contribution in [-0.4, -0.2) is 17.5 Å². The van der Waals surface area contributed by atoms with Gasteiger partial charge in [-0.05, 0) is 48.9 Å². The Morgan fingerprint density at radius 1 is 1.13 bits per heavy atom. The molecule has 0 spiro atoms. The van der Waals surface area contributed by atoms with Gasteiger partial charge in [-0.3, -0.25) is 14.4 Å². The lowest BCUT2D eigenvalue weighted by Crippen LogP contribution is -2.47. The van der Waals surface area contributed by atoms with Crippen LogP contribution in [0, 0.1) is 23.2 Å². The van der Waals surface area contributed by atoms with Crippen LogP contribution in [0.3, 0.4) is 0 Å². The van der Waals surface area contributed by atoms with Gasteiger partial charge in [0.15, 0.2) is 0 Å². The molecule has 5 heteroatoms. The van der Waals surface area contributed by atoms with Crippen molar-refractivity contribution >= 4 is 34.8 Å². The molecule has 1 aromatic rings. The standard InChI is InChI=1S/C18H20ClNO3/c1-10-9-11(19)5-6-12(10)20-15(23)18-8-7-17(4,16(18,2)3)13(21)14(18)22/h5-6,9H,7-8H2,1-4H3,(H,20,23). The lowest BCUT2D eigenvalue weighted by atomic mass is 9.64. The van der Waals surface area contributed by atoms with Gasteiger partial charge in [0.1, 0.15) is 5.41 Å². The summed E-state index contributed by atoms with van der Waals surface area (Å²) >= 11 is 5.94. The Morgan fingerprint density at radius 2 is 1.78 bits per heavy atom. The highest BCUT2D eigenvalue weighted by molar-refractivity contribution is 6.49. The number of benzene rings is 1. The molecule has 0 heterocycles. The number of ketones is 2. The molecule has 23 heavy (non-hydrogen) atoms. The number of carbonyl (C=O) groups excluding carboxylic acids is 3. The minimum absolute atomic E-state index is 0.382. The van der Waals surface area contributed by atoms with Gasteiger partial charge in [-0.25, -0.2) is 0 Å². The van der Waals surface area contributed by atoms with E-state index in [0.29, 0.717) is 23.6 Å². The fourth-order valence-corrected chi connectivity index (χ4v) is 4.50. The van der Waals surface area contributed by atoms with Gasteiger partial charge in [-0.15, -0.1) is 0 Å². The molecule has 2 unspecified atom stereocenters. The van der Waals surface area contributed by atoms with Crippen LogP contribution in [0.1, 0.15) is 39.2 Å². The number of fused-ring (bicyclic) bond motifs is 2. The molecule has 4 nitrogen and oxygen atoms in total. The Balaban J connectivity index is 2.02. The smallest absolute Gasteiger partial charge is 0.239 e. The highest BCUT2D eigenvalue weighted by atomic mass is 35.5. The molecular weight excluding hydrogens is 314 g/mol. The number of aryl methyl sites for hydroxylation is 1. The van der Waals surface area contributed by atoms with Crippen LogP contribution in [0.5, 0.6) is 0 Å². The van der Waals surface area contributed by atoms with Crippen molar-refractivity contribution in [3.05, 3.63) is 28.8 Å². The van der Waals surface area contributed by atoms with E-state index in [9.17, 15) is 14.4 Å². The summed E-state index contributed by atoms with van der Waals surface area (Å²) < 4.78 is 0. The molecule has 0 radical (unpaired) electrons. The van der Waals surface area contributed by atoms with Crippen LogP contribution in [0.15, 0.2) is 18.2 Å². The molecule has 1 aromatic carbocycles. The van der Waals surface area contributed by atoms with Crippen molar-refractivity contribution in [3.63, 3.8) is 0 Å². The Morgan fingerprint density at radius 3 is 2.30 bits per heavy atom.